The lowest BCUT2D eigenvalue weighted by Crippen LogP contribution is -2.50. The molecular formula is C14H19F3N2. The quantitative estimate of drug-likeness (QED) is 0.897. The Labute approximate surface area is 111 Å². The molecular weight excluding hydrogens is 253 g/mol. The Bertz CT molecular complexity index is 405. The molecule has 0 amide bonds. The van der Waals surface area contributed by atoms with E-state index in [-0.39, 0.29) is 12.0 Å². The van der Waals surface area contributed by atoms with Crippen molar-refractivity contribution < 1.29 is 13.2 Å². The zero-order valence-corrected chi connectivity index (χ0v) is 10.9. The highest BCUT2D eigenvalue weighted by Crippen LogP contribution is 2.39. The molecule has 0 aromatic heterocycles. The molecule has 3 unspecified atom stereocenters. The second-order valence-electron chi connectivity index (χ2n) is 5.28. The van der Waals surface area contributed by atoms with Gasteiger partial charge in [-0.2, -0.15) is 13.2 Å². The molecule has 19 heavy (non-hydrogen) atoms. The van der Waals surface area contributed by atoms with Crippen LogP contribution in [-0.2, 0) is 0 Å². The van der Waals surface area contributed by atoms with Crippen molar-refractivity contribution in [3.63, 3.8) is 0 Å². The van der Waals surface area contributed by atoms with Crippen molar-refractivity contribution in [1.29, 1.82) is 0 Å². The molecule has 0 spiro atoms. The summed E-state index contributed by atoms with van der Waals surface area (Å²) in [5.41, 5.74) is 6.18. The van der Waals surface area contributed by atoms with Gasteiger partial charge in [0.15, 0.2) is 0 Å². The molecule has 1 heterocycles. The molecule has 106 valence electrons. The van der Waals surface area contributed by atoms with Gasteiger partial charge in [-0.05, 0) is 17.9 Å². The van der Waals surface area contributed by atoms with E-state index in [0.717, 1.165) is 0 Å². The van der Waals surface area contributed by atoms with Crippen LogP contribution in [0.5, 0.6) is 0 Å². The molecule has 3 atom stereocenters. The minimum atomic E-state index is -4.26. The van der Waals surface area contributed by atoms with E-state index in [0.29, 0.717) is 25.1 Å². The van der Waals surface area contributed by atoms with Crippen molar-refractivity contribution >= 4 is 0 Å². The molecule has 0 radical (unpaired) electrons. The monoisotopic (exact) mass is 272 g/mol. The van der Waals surface area contributed by atoms with Crippen LogP contribution in [-0.4, -0.2) is 30.2 Å². The van der Waals surface area contributed by atoms with E-state index in [1.165, 1.54) is 17.0 Å². The predicted molar refractivity (Wildman–Crippen MR) is 68.6 cm³/mol. The second-order valence-corrected chi connectivity index (χ2v) is 5.28. The maximum Gasteiger partial charge on any atom is 0.408 e. The number of halogens is 3. The Morgan fingerprint density at radius 2 is 1.89 bits per heavy atom. The van der Waals surface area contributed by atoms with Gasteiger partial charge in [-0.1, -0.05) is 37.3 Å². The van der Waals surface area contributed by atoms with Crippen molar-refractivity contribution in [2.24, 2.45) is 11.7 Å². The Morgan fingerprint density at radius 1 is 1.26 bits per heavy atom. The molecule has 5 heteroatoms. The van der Waals surface area contributed by atoms with E-state index in [9.17, 15) is 13.2 Å². The van der Waals surface area contributed by atoms with Crippen molar-refractivity contribution in [3.8, 4) is 0 Å². The molecule has 0 aliphatic carbocycles. The van der Waals surface area contributed by atoms with Crippen LogP contribution in [0.4, 0.5) is 13.2 Å². The number of alkyl halides is 3. The highest BCUT2D eigenvalue weighted by Gasteiger charge is 2.45. The molecule has 0 saturated carbocycles. The van der Waals surface area contributed by atoms with E-state index in [1.807, 2.05) is 6.92 Å². The lowest BCUT2D eigenvalue weighted by molar-refractivity contribution is -0.191. The number of hydrogen-bond acceptors (Lipinski definition) is 2. The Morgan fingerprint density at radius 3 is 2.42 bits per heavy atom. The summed E-state index contributed by atoms with van der Waals surface area (Å²) in [5.74, 6) is 0.0855. The molecule has 1 aliphatic rings. The standard InChI is InChI=1S/C14H19F3N2/c1-10-9-19(8-7-12(10)18)13(14(15,16)17)11-5-3-2-4-6-11/h2-6,10,12-13H,7-9,18H2,1H3. The highest BCUT2D eigenvalue weighted by atomic mass is 19.4. The van der Waals surface area contributed by atoms with Crippen LogP contribution in [0.3, 0.4) is 0 Å². The number of piperidine rings is 1. The third-order valence-electron chi connectivity index (χ3n) is 3.79. The molecule has 2 rings (SSSR count). The maximum atomic E-state index is 13.3. The van der Waals surface area contributed by atoms with Gasteiger partial charge in [-0.25, -0.2) is 0 Å². The normalized spacial score (nSPS) is 27.2. The zero-order chi connectivity index (χ0) is 14.0. The summed E-state index contributed by atoms with van der Waals surface area (Å²) in [6.07, 6.45) is -3.65. The molecule has 2 N–H and O–H groups in total. The molecule has 1 aliphatic heterocycles. The molecule has 2 nitrogen and oxygen atoms in total. The van der Waals surface area contributed by atoms with E-state index >= 15 is 0 Å². The summed E-state index contributed by atoms with van der Waals surface area (Å²) in [5, 5.41) is 0. The first kappa shape index (κ1) is 14.3. The summed E-state index contributed by atoms with van der Waals surface area (Å²) in [4.78, 5) is 1.50. The first-order valence-corrected chi connectivity index (χ1v) is 6.51. The van der Waals surface area contributed by atoms with Gasteiger partial charge in [0.05, 0.1) is 0 Å². The van der Waals surface area contributed by atoms with Gasteiger partial charge in [-0.15, -0.1) is 0 Å². The lowest BCUT2D eigenvalue weighted by atomic mass is 9.92. The van der Waals surface area contributed by atoms with Gasteiger partial charge in [0.25, 0.3) is 0 Å². The second kappa shape index (κ2) is 5.51. The third kappa shape index (κ3) is 3.28. The minimum Gasteiger partial charge on any atom is -0.327 e. The van der Waals surface area contributed by atoms with E-state index in [2.05, 4.69) is 0 Å². The predicted octanol–water partition coefficient (Wildman–Crippen LogP) is 2.96. The SMILES string of the molecule is CC1CN(C(c2ccccc2)C(F)(F)F)CCC1N. The van der Waals surface area contributed by atoms with Crippen LogP contribution in [0.2, 0.25) is 0 Å². The van der Waals surface area contributed by atoms with Gasteiger partial charge in [-0.3, -0.25) is 4.90 Å². The van der Waals surface area contributed by atoms with Crippen LogP contribution in [0.25, 0.3) is 0 Å². The lowest BCUT2D eigenvalue weighted by Gasteiger charge is -2.40. The summed E-state index contributed by atoms with van der Waals surface area (Å²) in [7, 11) is 0. The number of nitrogens with two attached hydrogens (primary N) is 1. The number of likely N-dealkylation sites (tertiary alicyclic amines) is 1. The fraction of sp³-hybridized carbons (Fsp3) is 0.571. The van der Waals surface area contributed by atoms with Gasteiger partial charge in [0.1, 0.15) is 6.04 Å². The van der Waals surface area contributed by atoms with Crippen molar-refractivity contribution in [1.82, 2.24) is 4.90 Å². The van der Waals surface area contributed by atoms with Gasteiger partial charge >= 0.3 is 6.18 Å². The van der Waals surface area contributed by atoms with Crippen LogP contribution < -0.4 is 5.73 Å². The number of rotatable bonds is 2. The van der Waals surface area contributed by atoms with Crippen LogP contribution in [0.1, 0.15) is 24.9 Å². The summed E-state index contributed by atoms with van der Waals surface area (Å²) in [6.45, 7) is 2.69. The van der Waals surface area contributed by atoms with Crippen LogP contribution in [0, 0.1) is 5.92 Å². The van der Waals surface area contributed by atoms with E-state index < -0.39 is 12.2 Å². The topological polar surface area (TPSA) is 29.3 Å². The Kier molecular flexibility index (Phi) is 4.16. The summed E-state index contributed by atoms with van der Waals surface area (Å²) >= 11 is 0. The van der Waals surface area contributed by atoms with Crippen LogP contribution in [0.15, 0.2) is 30.3 Å². The zero-order valence-electron chi connectivity index (χ0n) is 10.9. The fourth-order valence-electron chi connectivity index (χ4n) is 2.67. The first-order valence-electron chi connectivity index (χ1n) is 6.51. The maximum absolute atomic E-state index is 13.3. The number of hydrogen-bond donors (Lipinski definition) is 1. The summed E-state index contributed by atoms with van der Waals surface area (Å²) < 4.78 is 40.0. The van der Waals surface area contributed by atoms with Gasteiger partial charge in [0, 0.05) is 19.1 Å². The average Bonchev–Trinajstić information content (AvgIpc) is 2.34. The largest absolute Gasteiger partial charge is 0.408 e. The molecule has 0 bridgehead atoms. The average molecular weight is 272 g/mol. The molecule has 1 aromatic rings. The molecule has 1 fully saturated rings. The van der Waals surface area contributed by atoms with E-state index in [4.69, 9.17) is 5.73 Å². The van der Waals surface area contributed by atoms with Gasteiger partial charge in [0.2, 0.25) is 0 Å². The molecule has 1 saturated heterocycles. The smallest absolute Gasteiger partial charge is 0.327 e. The minimum absolute atomic E-state index is 0.000840. The Balaban J connectivity index is 2.25. The molecule has 1 aromatic carbocycles. The van der Waals surface area contributed by atoms with Crippen molar-refractivity contribution in [2.75, 3.05) is 13.1 Å². The van der Waals surface area contributed by atoms with Crippen LogP contribution >= 0.6 is 0 Å². The number of nitrogens with zero attached hydrogens (tertiary/aromatic N) is 1. The first-order chi connectivity index (χ1) is 8.89. The third-order valence-corrected chi connectivity index (χ3v) is 3.79. The number of benzene rings is 1. The highest BCUT2D eigenvalue weighted by molar-refractivity contribution is 5.21. The van der Waals surface area contributed by atoms with Crippen molar-refractivity contribution in [2.45, 2.75) is 31.6 Å². The van der Waals surface area contributed by atoms with Gasteiger partial charge < -0.3 is 5.73 Å². The van der Waals surface area contributed by atoms with E-state index in [1.54, 1.807) is 18.2 Å². The Hall–Kier alpha value is -1.07. The fourth-order valence-corrected chi connectivity index (χ4v) is 2.67. The summed E-state index contributed by atoms with van der Waals surface area (Å²) in [6, 6.07) is 6.57. The van der Waals surface area contributed by atoms with Crippen molar-refractivity contribution in [3.05, 3.63) is 35.9 Å².